The molecule has 1 aliphatic rings. The zero-order chi connectivity index (χ0) is 16.2. The molecule has 1 N–H and O–H groups in total. The van der Waals surface area contributed by atoms with E-state index in [4.69, 9.17) is 0 Å². The van der Waals surface area contributed by atoms with E-state index in [-0.39, 0.29) is 14.5 Å². The van der Waals surface area contributed by atoms with E-state index in [9.17, 15) is 5.11 Å². The third-order valence-electron chi connectivity index (χ3n) is 5.02. The molecule has 3 radical (unpaired) electrons. The van der Waals surface area contributed by atoms with Gasteiger partial charge in [-0.1, -0.05) is 80.9 Å². The molecule has 0 aromatic heterocycles. The van der Waals surface area contributed by atoms with E-state index < -0.39 is 7.92 Å². The molecule has 0 bridgehead atoms. The third kappa shape index (κ3) is 4.10. The highest BCUT2D eigenvalue weighted by Gasteiger charge is 2.39. The average Bonchev–Trinajstić information content (AvgIpc) is 2.99. The Morgan fingerprint density at radius 3 is 1.75 bits per heavy atom. The van der Waals surface area contributed by atoms with Gasteiger partial charge in [0.15, 0.2) is 0 Å². The first kappa shape index (κ1) is 19.2. The van der Waals surface area contributed by atoms with Gasteiger partial charge in [0.2, 0.25) is 0 Å². The maximum absolute atomic E-state index is 10.6. The van der Waals surface area contributed by atoms with Crippen LogP contribution in [-0.2, 0) is 0 Å². The van der Waals surface area contributed by atoms with Crippen molar-refractivity contribution in [3.63, 3.8) is 0 Å². The van der Waals surface area contributed by atoms with Crippen LogP contribution in [0.2, 0.25) is 0 Å². The summed E-state index contributed by atoms with van der Waals surface area (Å²) in [6.07, 6.45) is 3.19. The van der Waals surface area contributed by atoms with E-state index in [0.29, 0.717) is 17.5 Å². The Kier molecular flexibility index (Phi) is 7.08. The van der Waals surface area contributed by atoms with Crippen LogP contribution in [0.5, 0.6) is 0 Å². The van der Waals surface area contributed by atoms with Crippen LogP contribution in [0.25, 0.3) is 0 Å². The van der Waals surface area contributed by atoms with Crippen LogP contribution in [0, 0.1) is 11.8 Å². The Hall–Kier alpha value is -1.11. The normalized spacial score (nSPS) is 21.7. The van der Waals surface area contributed by atoms with Crippen LogP contribution in [0.15, 0.2) is 60.7 Å². The molecule has 125 valence electrons. The van der Waals surface area contributed by atoms with Gasteiger partial charge in [-0.15, -0.1) is 0 Å². The summed E-state index contributed by atoms with van der Waals surface area (Å²) in [4.78, 5) is 0. The van der Waals surface area contributed by atoms with E-state index in [0.717, 1.165) is 6.42 Å². The molecule has 3 rings (SSSR count). The summed E-state index contributed by atoms with van der Waals surface area (Å²) in [6, 6.07) is 21.9. The molecule has 1 saturated carbocycles. The molecule has 0 aliphatic heterocycles. The molecular weight excluding hydrogens is 310 g/mol. The number of hydrogen-bond donors (Lipinski definition) is 1. The van der Waals surface area contributed by atoms with Gasteiger partial charge in [0.25, 0.3) is 0 Å². The Morgan fingerprint density at radius 1 is 0.875 bits per heavy atom. The van der Waals surface area contributed by atoms with Gasteiger partial charge in [-0.3, -0.25) is 0 Å². The van der Waals surface area contributed by atoms with Crippen LogP contribution in [0.3, 0.4) is 0 Å². The van der Waals surface area contributed by atoms with Crippen LogP contribution >= 0.6 is 7.92 Å². The topological polar surface area (TPSA) is 20.2 Å². The minimum Gasteiger partial charge on any atom is -0.393 e. The van der Waals surface area contributed by atoms with Crippen LogP contribution in [0.4, 0.5) is 0 Å². The first-order valence-corrected chi connectivity index (χ1v) is 10.2. The molecular formula is C21H27BOP. The minimum absolute atomic E-state index is 0. The maximum Gasteiger partial charge on any atom is 0.0574 e. The van der Waals surface area contributed by atoms with Crippen LogP contribution < -0.4 is 10.6 Å². The second kappa shape index (κ2) is 8.83. The van der Waals surface area contributed by atoms with E-state index in [1.165, 1.54) is 23.5 Å². The number of benzene rings is 2. The summed E-state index contributed by atoms with van der Waals surface area (Å²) in [5.74, 6) is 1.00. The lowest BCUT2D eigenvalue weighted by Gasteiger charge is -2.37. The molecule has 1 aliphatic carbocycles. The molecule has 1 nitrogen and oxygen atoms in total. The molecule has 0 amide bonds. The van der Waals surface area contributed by atoms with Gasteiger partial charge in [-0.25, -0.2) is 0 Å². The monoisotopic (exact) mass is 337 g/mol. The largest absolute Gasteiger partial charge is 0.393 e. The van der Waals surface area contributed by atoms with Crippen LogP contribution in [0.1, 0.15) is 33.1 Å². The fourth-order valence-electron chi connectivity index (χ4n) is 4.02. The average molecular weight is 337 g/mol. The van der Waals surface area contributed by atoms with Crippen molar-refractivity contribution in [2.45, 2.75) is 44.9 Å². The lowest BCUT2D eigenvalue weighted by Crippen LogP contribution is -2.35. The Balaban J connectivity index is 0.00000208. The molecule has 2 aromatic rings. The third-order valence-corrected chi connectivity index (χ3v) is 8.30. The van der Waals surface area contributed by atoms with Crippen molar-refractivity contribution < 1.29 is 5.11 Å². The van der Waals surface area contributed by atoms with Gasteiger partial charge in [0, 0.05) is 8.41 Å². The molecule has 0 saturated heterocycles. The molecule has 0 heterocycles. The highest BCUT2D eigenvalue weighted by molar-refractivity contribution is 7.73. The van der Waals surface area contributed by atoms with Crippen molar-refractivity contribution in [1.82, 2.24) is 0 Å². The number of rotatable bonds is 5. The molecule has 1 fully saturated rings. The lowest BCUT2D eigenvalue weighted by atomic mass is 9.93. The van der Waals surface area contributed by atoms with Crippen molar-refractivity contribution in [2.24, 2.45) is 11.8 Å². The standard InChI is InChI=1S/C21H27OP.B/c1-16(2)21(19-14-9-15-20(19)22)23(17-10-5-3-6-11-17)18-12-7-4-8-13-18;/h3-8,10-13,16,19-22H,9,14-15H2,1-2H3;/t19-,20-,21-;/m0./s1. The Bertz CT molecular complexity index is 562. The molecule has 24 heavy (non-hydrogen) atoms. The zero-order valence-electron chi connectivity index (χ0n) is 14.7. The highest BCUT2D eigenvalue weighted by atomic mass is 31.1. The predicted octanol–water partition coefficient (Wildman–Crippen LogP) is 3.92. The Morgan fingerprint density at radius 2 is 1.38 bits per heavy atom. The number of hydrogen-bond acceptors (Lipinski definition) is 1. The zero-order valence-corrected chi connectivity index (χ0v) is 15.6. The SMILES string of the molecule is CC(C)[C@@H]([C@H]1CCC[C@@H]1O)P(c1ccccc1)c1ccccc1.[B]. The van der Waals surface area contributed by atoms with Crippen molar-refractivity contribution >= 4 is 26.9 Å². The van der Waals surface area contributed by atoms with Gasteiger partial charge in [-0.2, -0.15) is 0 Å². The molecule has 0 spiro atoms. The van der Waals surface area contributed by atoms with Crippen molar-refractivity contribution in [2.75, 3.05) is 0 Å². The first-order valence-electron chi connectivity index (χ1n) is 8.76. The summed E-state index contributed by atoms with van der Waals surface area (Å²) in [6.45, 7) is 4.66. The van der Waals surface area contributed by atoms with Gasteiger partial charge in [-0.05, 0) is 48.9 Å². The predicted molar refractivity (Wildman–Crippen MR) is 107 cm³/mol. The second-order valence-corrected chi connectivity index (χ2v) is 9.31. The van der Waals surface area contributed by atoms with E-state index in [2.05, 4.69) is 74.5 Å². The van der Waals surface area contributed by atoms with Crippen molar-refractivity contribution in [1.29, 1.82) is 0 Å². The molecule has 0 unspecified atom stereocenters. The quantitative estimate of drug-likeness (QED) is 0.648. The van der Waals surface area contributed by atoms with E-state index in [1.807, 2.05) is 0 Å². The smallest absolute Gasteiger partial charge is 0.0574 e. The van der Waals surface area contributed by atoms with Gasteiger partial charge < -0.3 is 5.11 Å². The number of aliphatic hydroxyl groups excluding tert-OH is 1. The minimum atomic E-state index is -0.451. The molecule has 3 heteroatoms. The molecule has 3 atom stereocenters. The van der Waals surface area contributed by atoms with Gasteiger partial charge in [0.1, 0.15) is 0 Å². The van der Waals surface area contributed by atoms with E-state index >= 15 is 0 Å². The van der Waals surface area contributed by atoms with Gasteiger partial charge in [0.05, 0.1) is 6.10 Å². The first-order chi connectivity index (χ1) is 11.2. The fourth-order valence-corrected chi connectivity index (χ4v) is 7.32. The summed E-state index contributed by atoms with van der Waals surface area (Å²) < 4.78 is 0. The second-order valence-electron chi connectivity index (χ2n) is 6.94. The summed E-state index contributed by atoms with van der Waals surface area (Å²) >= 11 is 0. The maximum atomic E-state index is 10.6. The summed E-state index contributed by atoms with van der Waals surface area (Å²) in [7, 11) is -0.451. The summed E-state index contributed by atoms with van der Waals surface area (Å²) in [5, 5.41) is 13.4. The lowest BCUT2D eigenvalue weighted by molar-refractivity contribution is 0.123. The Labute approximate surface area is 149 Å². The van der Waals surface area contributed by atoms with E-state index in [1.54, 1.807) is 0 Å². The fraction of sp³-hybridized carbons (Fsp3) is 0.429. The van der Waals surface area contributed by atoms with Gasteiger partial charge >= 0.3 is 0 Å². The van der Waals surface area contributed by atoms with Crippen molar-refractivity contribution in [3.8, 4) is 0 Å². The highest BCUT2D eigenvalue weighted by Crippen LogP contribution is 2.50. The van der Waals surface area contributed by atoms with Crippen molar-refractivity contribution in [3.05, 3.63) is 60.7 Å². The van der Waals surface area contributed by atoms with Crippen LogP contribution in [-0.4, -0.2) is 25.3 Å². The summed E-state index contributed by atoms with van der Waals surface area (Å²) in [5.41, 5.74) is 0.535. The molecule has 2 aromatic carbocycles. The number of aliphatic hydroxyl groups is 1.